The number of halogens is 2. The first-order valence-electron chi connectivity index (χ1n) is 9.44. The number of nitrogens with zero attached hydrogens (tertiary/aromatic N) is 2. The van der Waals surface area contributed by atoms with Crippen LogP contribution in [0.3, 0.4) is 0 Å². The number of fused-ring (bicyclic) bond motifs is 1. The first kappa shape index (κ1) is 19.6. The summed E-state index contributed by atoms with van der Waals surface area (Å²) in [4.78, 5) is 27.6. The van der Waals surface area contributed by atoms with Gasteiger partial charge in [-0.2, -0.15) is 8.78 Å². The van der Waals surface area contributed by atoms with E-state index in [1.807, 2.05) is 4.72 Å². The molecule has 3 atom stereocenters. The van der Waals surface area contributed by atoms with Crippen molar-refractivity contribution in [2.75, 3.05) is 0 Å². The summed E-state index contributed by atoms with van der Waals surface area (Å²) in [5, 5.41) is 10.4. The van der Waals surface area contributed by atoms with Gasteiger partial charge in [0.25, 0.3) is 0 Å². The Labute approximate surface area is 163 Å². The molecule has 3 saturated carbocycles. The number of aldehydes is 1. The Hall–Kier alpha value is -1.68. The largest absolute Gasteiger partial charge is 0.383 e. The van der Waals surface area contributed by atoms with Crippen molar-refractivity contribution in [3.63, 3.8) is 0 Å². The molecule has 1 aromatic heterocycles. The smallest absolute Gasteiger partial charge is 0.353 e. The van der Waals surface area contributed by atoms with Crippen molar-refractivity contribution in [1.29, 1.82) is 0 Å². The van der Waals surface area contributed by atoms with Gasteiger partial charge in [-0.3, -0.25) is 14.3 Å². The van der Waals surface area contributed by atoms with E-state index in [0.717, 1.165) is 6.29 Å². The minimum absolute atomic E-state index is 0.0224. The summed E-state index contributed by atoms with van der Waals surface area (Å²) in [6.45, 7) is 0. The number of hydrogen-bond donors (Lipinski definition) is 2. The van der Waals surface area contributed by atoms with E-state index in [4.69, 9.17) is 0 Å². The lowest BCUT2D eigenvalue weighted by Gasteiger charge is -2.32. The molecule has 1 heterocycles. The molecule has 2 N–H and O–H groups in total. The van der Waals surface area contributed by atoms with Crippen LogP contribution < -0.4 is 4.72 Å². The second-order valence-electron chi connectivity index (χ2n) is 8.37. The van der Waals surface area contributed by atoms with Gasteiger partial charge in [0, 0.05) is 13.0 Å². The molecule has 0 aromatic carbocycles. The summed E-state index contributed by atoms with van der Waals surface area (Å²) in [6.07, 6.45) is 4.26. The first-order chi connectivity index (χ1) is 13.2. The molecule has 1 amide bonds. The zero-order valence-corrected chi connectivity index (χ0v) is 16.3. The van der Waals surface area contributed by atoms with Gasteiger partial charge in [-0.15, -0.1) is 0 Å². The molecule has 0 saturated heterocycles. The highest BCUT2D eigenvalue weighted by molar-refractivity contribution is 7.84. The van der Waals surface area contributed by atoms with Gasteiger partial charge in [0.05, 0.1) is 17.3 Å². The van der Waals surface area contributed by atoms with Crippen LogP contribution in [0, 0.1) is 11.8 Å². The van der Waals surface area contributed by atoms with Gasteiger partial charge >= 0.3 is 11.8 Å². The number of imidazole rings is 1. The van der Waals surface area contributed by atoms with E-state index in [1.165, 1.54) is 0 Å². The lowest BCUT2D eigenvalue weighted by atomic mass is 9.87. The number of nitrogens with one attached hydrogen (secondary N) is 1. The molecule has 7 nitrogen and oxygen atoms in total. The predicted octanol–water partition coefficient (Wildman–Crippen LogP) is 1.44. The van der Waals surface area contributed by atoms with Crippen molar-refractivity contribution >= 4 is 23.2 Å². The molecule has 1 aromatic rings. The molecule has 10 heteroatoms. The van der Waals surface area contributed by atoms with E-state index in [9.17, 15) is 27.7 Å². The third-order valence-corrected chi connectivity index (χ3v) is 7.91. The summed E-state index contributed by atoms with van der Waals surface area (Å²) < 4.78 is 44.8. The van der Waals surface area contributed by atoms with Crippen molar-refractivity contribution < 1.29 is 27.7 Å². The van der Waals surface area contributed by atoms with Crippen molar-refractivity contribution in [3.05, 3.63) is 17.7 Å². The molecule has 0 aliphatic heterocycles. The number of aromatic nitrogens is 2. The highest BCUT2D eigenvalue weighted by Crippen LogP contribution is 2.57. The van der Waals surface area contributed by atoms with E-state index < -0.39 is 28.4 Å². The maximum atomic E-state index is 14.7. The molecular formula is C18H23F2N3O4S. The molecule has 3 aliphatic carbocycles. The lowest BCUT2D eigenvalue weighted by molar-refractivity contribution is -0.191. The van der Waals surface area contributed by atoms with E-state index >= 15 is 0 Å². The zero-order valence-electron chi connectivity index (χ0n) is 15.4. The second-order valence-corrected chi connectivity index (χ2v) is 9.84. The van der Waals surface area contributed by atoms with Crippen LogP contribution in [0.1, 0.15) is 60.6 Å². The van der Waals surface area contributed by atoms with Gasteiger partial charge in [0.15, 0.2) is 6.29 Å². The number of aryl methyl sites for hydroxylation is 1. The summed E-state index contributed by atoms with van der Waals surface area (Å²) in [5.41, 5.74) is -1.30. The van der Waals surface area contributed by atoms with Gasteiger partial charge in [-0.1, -0.05) is 0 Å². The predicted molar refractivity (Wildman–Crippen MR) is 96.0 cm³/mol. The van der Waals surface area contributed by atoms with Crippen LogP contribution in [-0.4, -0.2) is 47.8 Å². The minimum atomic E-state index is -4.00. The Bertz CT molecular complexity index is 825. The summed E-state index contributed by atoms with van der Waals surface area (Å²) in [6, 6.07) is 0. The van der Waals surface area contributed by atoms with E-state index in [-0.39, 0.29) is 35.8 Å². The number of carbonyl (C=O) groups excluding carboxylic acids is 2. The van der Waals surface area contributed by atoms with Crippen LogP contribution in [0.25, 0.3) is 0 Å². The molecular weight excluding hydrogens is 392 g/mol. The van der Waals surface area contributed by atoms with E-state index in [2.05, 4.69) is 4.98 Å². The van der Waals surface area contributed by atoms with Crippen LogP contribution in [0.15, 0.2) is 6.33 Å². The molecule has 0 radical (unpaired) electrons. The zero-order chi connectivity index (χ0) is 20.3. The third-order valence-electron chi connectivity index (χ3n) is 6.44. The van der Waals surface area contributed by atoms with Gasteiger partial charge in [0.1, 0.15) is 22.3 Å². The quantitative estimate of drug-likeness (QED) is 0.685. The molecule has 3 aliphatic rings. The lowest BCUT2D eigenvalue weighted by Crippen LogP contribution is -2.56. The van der Waals surface area contributed by atoms with E-state index in [0.29, 0.717) is 37.1 Å². The van der Waals surface area contributed by atoms with Crippen molar-refractivity contribution in [3.8, 4) is 0 Å². The maximum Gasteiger partial charge on any atom is 0.353 e. The summed E-state index contributed by atoms with van der Waals surface area (Å²) in [5.74, 6) is -6.04. The van der Waals surface area contributed by atoms with Gasteiger partial charge in [-0.25, -0.2) is 9.19 Å². The molecule has 0 bridgehead atoms. The number of amides is 1. The fourth-order valence-electron chi connectivity index (χ4n) is 4.79. The molecule has 0 spiro atoms. The molecule has 3 unspecified atom stereocenters. The Morgan fingerprint density at radius 2 is 2.00 bits per heavy atom. The fraction of sp³-hybridized carbons (Fsp3) is 0.722. The first-order valence-corrected chi connectivity index (χ1v) is 10.7. The van der Waals surface area contributed by atoms with Crippen molar-refractivity contribution in [2.45, 2.75) is 61.2 Å². The van der Waals surface area contributed by atoms with Crippen LogP contribution >= 0.6 is 0 Å². The van der Waals surface area contributed by atoms with Gasteiger partial charge < -0.3 is 9.67 Å². The Balaban J connectivity index is 1.45. The number of aliphatic hydroxyl groups is 1. The van der Waals surface area contributed by atoms with Crippen molar-refractivity contribution in [1.82, 2.24) is 14.3 Å². The monoisotopic (exact) mass is 415 g/mol. The minimum Gasteiger partial charge on any atom is -0.383 e. The topological polar surface area (TPSA) is 101 Å². The van der Waals surface area contributed by atoms with Gasteiger partial charge in [-0.05, 0) is 50.4 Å². The Morgan fingerprint density at radius 3 is 2.54 bits per heavy atom. The summed E-state index contributed by atoms with van der Waals surface area (Å²) in [7, 11) is -0.106. The average molecular weight is 415 g/mol. The third kappa shape index (κ3) is 3.10. The Morgan fingerprint density at radius 1 is 1.39 bits per heavy atom. The number of hydrogen-bond acceptors (Lipinski definition) is 5. The maximum absolute atomic E-state index is 14.7. The molecule has 4 rings (SSSR count). The molecule has 154 valence electrons. The standard InChI is InChI=1S/C18H23F2N3O4S/c1-23-9-21-15(14(23)8-24)10-4-11-6-17(26,7-12(11)5-10)18(19,20)16(25)22-28(27)13-2-3-13/h8-13,26H,2-7H2,1H3,(H,22,25). The van der Waals surface area contributed by atoms with Crippen molar-refractivity contribution in [2.24, 2.45) is 18.9 Å². The Kier molecular flexibility index (Phi) is 4.69. The highest BCUT2D eigenvalue weighted by atomic mass is 32.2. The number of carbonyl (C=O) groups is 2. The molecule has 3 fully saturated rings. The summed E-state index contributed by atoms with van der Waals surface area (Å²) >= 11 is 0. The van der Waals surface area contributed by atoms with Crippen LogP contribution in [0.2, 0.25) is 0 Å². The fourth-order valence-corrected chi connectivity index (χ4v) is 5.83. The van der Waals surface area contributed by atoms with E-state index in [1.54, 1.807) is 17.9 Å². The molecule has 28 heavy (non-hydrogen) atoms. The number of alkyl halides is 2. The number of rotatable bonds is 6. The van der Waals surface area contributed by atoms with Crippen LogP contribution in [-0.2, 0) is 22.8 Å². The average Bonchev–Trinajstić information content (AvgIpc) is 3.21. The second kappa shape index (κ2) is 6.69. The normalized spacial score (nSPS) is 33.5. The van der Waals surface area contributed by atoms with Gasteiger partial charge in [0.2, 0.25) is 0 Å². The van der Waals surface area contributed by atoms with Crippen LogP contribution in [0.5, 0.6) is 0 Å². The SMILES string of the molecule is Cn1cnc(C2CC3CC(O)(C(F)(F)C(=O)NS(=O)C4CC4)CC3C2)c1C=O. The van der Waals surface area contributed by atoms with Crippen LogP contribution in [0.4, 0.5) is 8.78 Å². The highest BCUT2D eigenvalue weighted by Gasteiger charge is 2.65.